The van der Waals surface area contributed by atoms with Gasteiger partial charge in [-0.25, -0.2) is 0 Å². The van der Waals surface area contributed by atoms with Crippen molar-refractivity contribution < 1.29 is 5.11 Å². The summed E-state index contributed by atoms with van der Waals surface area (Å²) in [6.07, 6.45) is 3.68. The zero-order valence-electron chi connectivity index (χ0n) is 7.90. The van der Waals surface area contributed by atoms with Crippen LogP contribution in [0.1, 0.15) is 37.1 Å². The maximum Gasteiger partial charge on any atom is 0.0696 e. The Morgan fingerprint density at radius 2 is 2.31 bits per heavy atom. The average Bonchev–Trinajstić information content (AvgIpc) is 2.18. The van der Waals surface area contributed by atoms with Crippen LogP contribution in [0.15, 0.2) is 18.3 Å². The molecular weight excluding hydrogens is 164 g/mol. The number of aliphatic hydroxyl groups excluding tert-OH is 1. The minimum absolute atomic E-state index is 0.0257. The molecule has 13 heavy (non-hydrogen) atoms. The molecular formula is C10H16N2O. The number of aromatic nitrogens is 1. The van der Waals surface area contributed by atoms with Gasteiger partial charge >= 0.3 is 0 Å². The molecule has 0 saturated heterocycles. The highest BCUT2D eigenvalue weighted by Crippen LogP contribution is 2.13. The summed E-state index contributed by atoms with van der Waals surface area (Å²) in [5.74, 6) is 0. The normalized spacial score (nSPS) is 12.8. The van der Waals surface area contributed by atoms with Crippen molar-refractivity contribution in [3.8, 4) is 0 Å². The summed E-state index contributed by atoms with van der Waals surface area (Å²) in [4.78, 5) is 4.18. The maximum absolute atomic E-state index is 8.80. The standard InChI is InChI=1S/C10H16N2O/c1-2-3-9(11)10-5-4-8(7-13)6-12-10/h4-6,9,13H,2-3,7,11H2,1H3. The largest absolute Gasteiger partial charge is 0.392 e. The molecule has 0 amide bonds. The molecule has 1 atom stereocenters. The topological polar surface area (TPSA) is 59.1 Å². The third-order valence-corrected chi connectivity index (χ3v) is 2.01. The van der Waals surface area contributed by atoms with E-state index in [1.165, 1.54) is 0 Å². The Morgan fingerprint density at radius 1 is 1.54 bits per heavy atom. The van der Waals surface area contributed by atoms with Gasteiger partial charge in [-0.05, 0) is 18.1 Å². The molecule has 0 saturated carbocycles. The monoisotopic (exact) mass is 180 g/mol. The number of hydrogen-bond donors (Lipinski definition) is 2. The number of aliphatic hydroxyl groups is 1. The summed E-state index contributed by atoms with van der Waals surface area (Å²) >= 11 is 0. The van der Waals surface area contributed by atoms with Gasteiger partial charge in [-0.15, -0.1) is 0 Å². The molecule has 72 valence electrons. The first-order chi connectivity index (χ1) is 6.27. The van der Waals surface area contributed by atoms with Gasteiger partial charge in [0, 0.05) is 12.2 Å². The lowest BCUT2D eigenvalue weighted by Crippen LogP contribution is -2.11. The quantitative estimate of drug-likeness (QED) is 0.735. The summed E-state index contributed by atoms with van der Waals surface area (Å²) in [6, 6.07) is 3.77. The van der Waals surface area contributed by atoms with Gasteiger partial charge in [0.2, 0.25) is 0 Å². The van der Waals surface area contributed by atoms with Crippen molar-refractivity contribution in [2.45, 2.75) is 32.4 Å². The lowest BCUT2D eigenvalue weighted by molar-refractivity contribution is 0.281. The molecule has 1 aromatic heterocycles. The molecule has 0 bridgehead atoms. The second kappa shape index (κ2) is 4.94. The molecule has 3 N–H and O–H groups in total. The molecule has 1 rings (SSSR count). The fourth-order valence-electron chi connectivity index (χ4n) is 1.21. The SMILES string of the molecule is CCCC(N)c1ccc(CO)cn1. The Kier molecular flexibility index (Phi) is 3.86. The first-order valence-corrected chi connectivity index (χ1v) is 4.59. The molecule has 3 heteroatoms. The van der Waals surface area contributed by atoms with E-state index in [2.05, 4.69) is 11.9 Å². The van der Waals surface area contributed by atoms with E-state index in [0.29, 0.717) is 0 Å². The lowest BCUT2D eigenvalue weighted by Gasteiger charge is -2.09. The van der Waals surface area contributed by atoms with Gasteiger partial charge in [0.1, 0.15) is 0 Å². The van der Waals surface area contributed by atoms with Crippen LogP contribution in [0, 0.1) is 0 Å². The molecule has 1 unspecified atom stereocenters. The van der Waals surface area contributed by atoms with Crippen molar-refractivity contribution in [1.29, 1.82) is 0 Å². The lowest BCUT2D eigenvalue weighted by atomic mass is 10.1. The zero-order chi connectivity index (χ0) is 9.68. The Bertz CT molecular complexity index is 246. The van der Waals surface area contributed by atoms with Crippen LogP contribution in [-0.2, 0) is 6.61 Å². The van der Waals surface area contributed by atoms with Crippen LogP contribution in [0.4, 0.5) is 0 Å². The highest BCUT2D eigenvalue weighted by atomic mass is 16.3. The Balaban J connectivity index is 2.67. The van der Waals surface area contributed by atoms with Gasteiger partial charge in [-0.1, -0.05) is 19.4 Å². The summed E-state index contributed by atoms with van der Waals surface area (Å²) in [6.45, 7) is 2.14. The van der Waals surface area contributed by atoms with Gasteiger partial charge < -0.3 is 10.8 Å². The van der Waals surface area contributed by atoms with E-state index in [4.69, 9.17) is 10.8 Å². The summed E-state index contributed by atoms with van der Waals surface area (Å²) in [5, 5.41) is 8.80. The van der Waals surface area contributed by atoms with Crippen molar-refractivity contribution in [2.75, 3.05) is 0 Å². The van der Waals surface area contributed by atoms with Crippen LogP contribution >= 0.6 is 0 Å². The molecule has 0 aliphatic heterocycles. The third kappa shape index (κ3) is 2.79. The van der Waals surface area contributed by atoms with Gasteiger partial charge in [-0.2, -0.15) is 0 Å². The first kappa shape index (κ1) is 10.2. The van der Waals surface area contributed by atoms with Crippen LogP contribution in [0.2, 0.25) is 0 Å². The van der Waals surface area contributed by atoms with E-state index in [1.807, 2.05) is 12.1 Å². The second-order valence-corrected chi connectivity index (χ2v) is 3.14. The summed E-state index contributed by atoms with van der Waals surface area (Å²) < 4.78 is 0. The molecule has 0 aliphatic carbocycles. The van der Waals surface area contributed by atoms with Gasteiger partial charge in [0.15, 0.2) is 0 Å². The number of rotatable bonds is 4. The van der Waals surface area contributed by atoms with E-state index < -0.39 is 0 Å². The fraction of sp³-hybridized carbons (Fsp3) is 0.500. The van der Waals surface area contributed by atoms with E-state index in [1.54, 1.807) is 6.20 Å². The van der Waals surface area contributed by atoms with Crippen molar-refractivity contribution in [3.05, 3.63) is 29.6 Å². The van der Waals surface area contributed by atoms with Gasteiger partial charge in [0.25, 0.3) is 0 Å². The predicted molar refractivity (Wildman–Crippen MR) is 52.0 cm³/mol. The molecule has 1 aromatic rings. The van der Waals surface area contributed by atoms with Crippen LogP contribution < -0.4 is 5.73 Å². The second-order valence-electron chi connectivity index (χ2n) is 3.14. The predicted octanol–water partition coefficient (Wildman–Crippen LogP) is 1.37. The molecule has 3 nitrogen and oxygen atoms in total. The van der Waals surface area contributed by atoms with Gasteiger partial charge in [0.05, 0.1) is 12.3 Å². The van der Waals surface area contributed by atoms with Crippen LogP contribution in [0.25, 0.3) is 0 Å². The van der Waals surface area contributed by atoms with E-state index in [-0.39, 0.29) is 12.6 Å². The smallest absolute Gasteiger partial charge is 0.0696 e. The minimum Gasteiger partial charge on any atom is -0.392 e. The minimum atomic E-state index is 0.0257. The Morgan fingerprint density at radius 3 is 2.77 bits per heavy atom. The molecule has 0 radical (unpaired) electrons. The highest BCUT2D eigenvalue weighted by Gasteiger charge is 2.05. The van der Waals surface area contributed by atoms with Crippen molar-refractivity contribution in [2.24, 2.45) is 5.73 Å². The number of nitrogens with two attached hydrogens (primary N) is 1. The zero-order valence-corrected chi connectivity index (χ0v) is 7.90. The average molecular weight is 180 g/mol. The summed E-state index contributed by atoms with van der Waals surface area (Å²) in [5.41, 5.74) is 7.60. The van der Waals surface area contributed by atoms with Crippen molar-refractivity contribution >= 4 is 0 Å². The van der Waals surface area contributed by atoms with Gasteiger partial charge in [-0.3, -0.25) is 4.98 Å². The van der Waals surface area contributed by atoms with E-state index in [0.717, 1.165) is 24.1 Å². The molecule has 0 spiro atoms. The summed E-state index contributed by atoms with van der Waals surface area (Å²) in [7, 11) is 0. The number of nitrogens with zero attached hydrogens (tertiary/aromatic N) is 1. The fourth-order valence-corrected chi connectivity index (χ4v) is 1.21. The maximum atomic E-state index is 8.80. The molecule has 0 fully saturated rings. The van der Waals surface area contributed by atoms with Crippen LogP contribution in [0.5, 0.6) is 0 Å². The van der Waals surface area contributed by atoms with Crippen molar-refractivity contribution in [3.63, 3.8) is 0 Å². The van der Waals surface area contributed by atoms with E-state index >= 15 is 0 Å². The van der Waals surface area contributed by atoms with Crippen LogP contribution in [0.3, 0.4) is 0 Å². The van der Waals surface area contributed by atoms with Crippen molar-refractivity contribution in [1.82, 2.24) is 4.98 Å². The first-order valence-electron chi connectivity index (χ1n) is 4.59. The molecule has 1 heterocycles. The Labute approximate surface area is 78.6 Å². The van der Waals surface area contributed by atoms with Crippen LogP contribution in [-0.4, -0.2) is 10.1 Å². The highest BCUT2D eigenvalue weighted by molar-refractivity contribution is 5.15. The number of pyridine rings is 1. The third-order valence-electron chi connectivity index (χ3n) is 2.01. The number of hydrogen-bond acceptors (Lipinski definition) is 3. The molecule has 0 aromatic carbocycles. The Hall–Kier alpha value is -0.930. The molecule has 0 aliphatic rings. The van der Waals surface area contributed by atoms with E-state index in [9.17, 15) is 0 Å².